The quantitative estimate of drug-likeness (QED) is 0.468. The van der Waals surface area contributed by atoms with Crippen LogP contribution in [0.3, 0.4) is 0 Å². The first-order valence-electron chi connectivity index (χ1n) is 7.69. The Bertz CT molecular complexity index is 269. The number of carbonyl (C=O) groups is 2. The number of hydrogen-bond acceptors (Lipinski definition) is 4. The van der Waals surface area contributed by atoms with E-state index in [4.69, 9.17) is 9.47 Å². The number of unbranched alkanes of at least 4 members (excludes halogenated alkanes) is 3. The van der Waals surface area contributed by atoms with Crippen LogP contribution in [-0.2, 0) is 14.3 Å². The van der Waals surface area contributed by atoms with Gasteiger partial charge in [0, 0.05) is 0 Å². The molecule has 0 bridgehead atoms. The zero-order valence-corrected chi connectivity index (χ0v) is 13.1. The van der Waals surface area contributed by atoms with Gasteiger partial charge >= 0.3 is 12.1 Å². The molecule has 0 radical (unpaired) electrons. The normalized spacial score (nSPS) is 11.8. The minimum atomic E-state index is -0.445. The molecule has 0 saturated heterocycles. The molecule has 0 saturated carbocycles. The molecular weight excluding hydrogens is 258 g/mol. The van der Waals surface area contributed by atoms with E-state index >= 15 is 0 Å². The van der Waals surface area contributed by atoms with Crippen molar-refractivity contribution in [1.29, 1.82) is 0 Å². The molecule has 0 aromatic carbocycles. The Morgan fingerprint density at radius 2 is 1.75 bits per heavy atom. The van der Waals surface area contributed by atoms with E-state index in [-0.39, 0.29) is 18.5 Å². The number of nitrogens with one attached hydrogen (secondary N) is 1. The Kier molecular flexibility index (Phi) is 12.0. The molecule has 0 heterocycles. The fourth-order valence-electron chi connectivity index (χ4n) is 1.74. The molecule has 1 atom stereocenters. The van der Waals surface area contributed by atoms with E-state index in [1.807, 2.05) is 13.8 Å². The van der Waals surface area contributed by atoms with Gasteiger partial charge < -0.3 is 14.8 Å². The van der Waals surface area contributed by atoms with Crippen molar-refractivity contribution in [2.45, 2.75) is 59.3 Å². The first-order valence-corrected chi connectivity index (χ1v) is 7.69. The van der Waals surface area contributed by atoms with Gasteiger partial charge in [0.05, 0.1) is 19.1 Å². The lowest BCUT2D eigenvalue weighted by Crippen LogP contribution is -2.29. The molecule has 1 N–H and O–H groups in total. The molecule has 0 aliphatic rings. The van der Waals surface area contributed by atoms with Crippen molar-refractivity contribution in [3.63, 3.8) is 0 Å². The van der Waals surface area contributed by atoms with Crippen molar-refractivity contribution in [2.75, 3.05) is 19.8 Å². The molecule has 5 nitrogen and oxygen atoms in total. The van der Waals surface area contributed by atoms with Crippen LogP contribution in [-0.4, -0.2) is 31.8 Å². The van der Waals surface area contributed by atoms with E-state index < -0.39 is 6.09 Å². The Labute approximate surface area is 122 Å². The molecule has 0 spiro atoms. The third-order valence-electron chi connectivity index (χ3n) is 2.97. The molecule has 0 aliphatic carbocycles. The van der Waals surface area contributed by atoms with Gasteiger partial charge in [0.15, 0.2) is 0 Å². The maximum atomic E-state index is 11.5. The Hall–Kier alpha value is -1.26. The van der Waals surface area contributed by atoms with Gasteiger partial charge in [0.1, 0.15) is 6.61 Å². The molecular formula is C15H29NO4. The van der Waals surface area contributed by atoms with Crippen molar-refractivity contribution in [1.82, 2.24) is 5.32 Å². The second kappa shape index (κ2) is 12.8. The van der Waals surface area contributed by atoms with Crippen LogP contribution in [0, 0.1) is 5.92 Å². The Morgan fingerprint density at radius 3 is 2.40 bits per heavy atom. The average Bonchev–Trinajstić information content (AvgIpc) is 2.43. The monoisotopic (exact) mass is 287 g/mol. The highest BCUT2D eigenvalue weighted by molar-refractivity contribution is 5.72. The van der Waals surface area contributed by atoms with E-state index in [1.165, 1.54) is 0 Å². The lowest BCUT2D eigenvalue weighted by molar-refractivity contribution is -0.148. The maximum absolute atomic E-state index is 11.5. The smallest absolute Gasteiger partial charge is 0.407 e. The summed E-state index contributed by atoms with van der Waals surface area (Å²) < 4.78 is 10.0. The summed E-state index contributed by atoms with van der Waals surface area (Å²) in [7, 11) is 0. The van der Waals surface area contributed by atoms with E-state index in [0.717, 1.165) is 38.5 Å². The first kappa shape index (κ1) is 18.7. The van der Waals surface area contributed by atoms with E-state index in [2.05, 4.69) is 12.2 Å². The van der Waals surface area contributed by atoms with Gasteiger partial charge in [-0.25, -0.2) is 4.79 Å². The predicted molar refractivity (Wildman–Crippen MR) is 78.5 cm³/mol. The number of rotatable bonds is 11. The zero-order valence-electron chi connectivity index (χ0n) is 13.1. The van der Waals surface area contributed by atoms with Crippen molar-refractivity contribution < 1.29 is 19.1 Å². The van der Waals surface area contributed by atoms with Crippen molar-refractivity contribution in [2.24, 2.45) is 5.92 Å². The van der Waals surface area contributed by atoms with Crippen LogP contribution in [0.25, 0.3) is 0 Å². The van der Waals surface area contributed by atoms with Crippen LogP contribution in [0.4, 0.5) is 4.79 Å². The molecule has 0 aromatic rings. The van der Waals surface area contributed by atoms with Crippen molar-refractivity contribution in [3.05, 3.63) is 0 Å². The van der Waals surface area contributed by atoms with Gasteiger partial charge in [-0.2, -0.15) is 0 Å². The van der Waals surface area contributed by atoms with Crippen molar-refractivity contribution in [3.8, 4) is 0 Å². The maximum Gasteiger partial charge on any atom is 0.407 e. The van der Waals surface area contributed by atoms with E-state index in [9.17, 15) is 9.59 Å². The standard InChI is InChI=1S/C15H29NO4/c1-4-6-7-8-11-20-15(18)16-10-12-19-14(17)13(3)9-5-2/h13H,4-12H2,1-3H3,(H,16,18). The predicted octanol–water partition coefficient (Wildman–Crippen LogP) is 3.27. The third kappa shape index (κ3) is 10.6. The van der Waals surface area contributed by atoms with Gasteiger partial charge in [0.2, 0.25) is 0 Å². The fourth-order valence-corrected chi connectivity index (χ4v) is 1.74. The number of hydrogen-bond donors (Lipinski definition) is 1. The summed E-state index contributed by atoms with van der Waals surface area (Å²) >= 11 is 0. The van der Waals surface area contributed by atoms with Gasteiger partial charge in [-0.1, -0.05) is 46.5 Å². The topological polar surface area (TPSA) is 64.6 Å². The second-order valence-corrected chi connectivity index (χ2v) is 4.98. The summed E-state index contributed by atoms with van der Waals surface area (Å²) in [4.78, 5) is 22.8. The summed E-state index contributed by atoms with van der Waals surface area (Å²) in [6, 6.07) is 0. The fraction of sp³-hybridized carbons (Fsp3) is 0.867. The summed E-state index contributed by atoms with van der Waals surface area (Å²) in [5, 5.41) is 2.56. The highest BCUT2D eigenvalue weighted by Gasteiger charge is 2.12. The average molecular weight is 287 g/mol. The summed E-state index contributed by atoms with van der Waals surface area (Å²) in [6.07, 6.45) is 5.64. The Morgan fingerprint density at radius 1 is 1.00 bits per heavy atom. The Balaban J connectivity index is 3.45. The van der Waals surface area contributed by atoms with Crippen LogP contribution in [0.2, 0.25) is 0 Å². The number of esters is 1. The highest BCUT2D eigenvalue weighted by atomic mass is 16.6. The van der Waals surface area contributed by atoms with Crippen LogP contribution in [0.15, 0.2) is 0 Å². The molecule has 0 fully saturated rings. The number of amides is 1. The minimum Gasteiger partial charge on any atom is -0.464 e. The second-order valence-electron chi connectivity index (χ2n) is 4.98. The molecule has 20 heavy (non-hydrogen) atoms. The SMILES string of the molecule is CCCCCCOC(=O)NCCOC(=O)C(C)CCC. The highest BCUT2D eigenvalue weighted by Crippen LogP contribution is 2.06. The number of alkyl carbamates (subject to hydrolysis) is 1. The summed E-state index contributed by atoms with van der Waals surface area (Å²) in [5.74, 6) is -0.285. The molecule has 1 amide bonds. The van der Waals surface area contributed by atoms with Gasteiger partial charge in [-0.05, 0) is 12.8 Å². The van der Waals surface area contributed by atoms with Gasteiger partial charge in [-0.15, -0.1) is 0 Å². The van der Waals surface area contributed by atoms with Crippen LogP contribution >= 0.6 is 0 Å². The number of ether oxygens (including phenoxy) is 2. The molecule has 0 aliphatic heterocycles. The molecule has 0 aromatic heterocycles. The summed E-state index contributed by atoms with van der Waals surface area (Å²) in [6.45, 7) is 6.94. The lowest BCUT2D eigenvalue weighted by atomic mass is 10.1. The first-order chi connectivity index (χ1) is 9.61. The van der Waals surface area contributed by atoms with E-state index in [1.54, 1.807) is 0 Å². The van der Waals surface area contributed by atoms with Crippen LogP contribution in [0.1, 0.15) is 59.3 Å². The molecule has 5 heteroatoms. The van der Waals surface area contributed by atoms with Crippen LogP contribution in [0.5, 0.6) is 0 Å². The molecule has 0 rings (SSSR count). The van der Waals surface area contributed by atoms with Gasteiger partial charge in [0.25, 0.3) is 0 Å². The van der Waals surface area contributed by atoms with Crippen LogP contribution < -0.4 is 5.32 Å². The van der Waals surface area contributed by atoms with Gasteiger partial charge in [-0.3, -0.25) is 4.79 Å². The van der Waals surface area contributed by atoms with E-state index in [0.29, 0.717) is 13.2 Å². The van der Waals surface area contributed by atoms with Crippen molar-refractivity contribution >= 4 is 12.1 Å². The summed E-state index contributed by atoms with van der Waals surface area (Å²) in [5.41, 5.74) is 0. The minimum absolute atomic E-state index is 0.0782. The lowest BCUT2D eigenvalue weighted by Gasteiger charge is -2.11. The molecule has 118 valence electrons. The number of carbonyl (C=O) groups excluding carboxylic acids is 2. The third-order valence-corrected chi connectivity index (χ3v) is 2.97. The largest absolute Gasteiger partial charge is 0.464 e. The zero-order chi connectivity index (χ0) is 15.2. The molecule has 1 unspecified atom stereocenters.